The predicted octanol–water partition coefficient (Wildman–Crippen LogP) is 3.53. The molecule has 1 aliphatic rings. The number of carbonyl (C=O) groups excluding carboxylic acids is 1. The molecular formula is C20H20N2O3. The maximum Gasteiger partial charge on any atom is 0.251 e. The second kappa shape index (κ2) is 6.69. The van der Waals surface area contributed by atoms with Gasteiger partial charge in [0.05, 0.1) is 18.1 Å². The van der Waals surface area contributed by atoms with Crippen LogP contribution in [0, 0.1) is 0 Å². The molecule has 1 aromatic carbocycles. The summed E-state index contributed by atoms with van der Waals surface area (Å²) in [4.78, 5) is 16.8. The molecule has 2 aromatic heterocycles. The Labute approximate surface area is 145 Å². The van der Waals surface area contributed by atoms with E-state index in [1.807, 2.05) is 36.4 Å². The Morgan fingerprint density at radius 1 is 1.08 bits per heavy atom. The third kappa shape index (κ3) is 3.28. The number of amides is 1. The van der Waals surface area contributed by atoms with E-state index in [1.54, 1.807) is 12.5 Å². The summed E-state index contributed by atoms with van der Waals surface area (Å²) in [5.74, 6) is -0.0672. The quantitative estimate of drug-likeness (QED) is 0.767. The lowest BCUT2D eigenvalue weighted by Gasteiger charge is -2.26. The van der Waals surface area contributed by atoms with Crippen LogP contribution in [0.3, 0.4) is 0 Å². The number of furan rings is 1. The predicted molar refractivity (Wildman–Crippen MR) is 95.2 cm³/mol. The molecule has 0 bridgehead atoms. The van der Waals surface area contributed by atoms with Crippen LogP contribution in [-0.2, 0) is 0 Å². The van der Waals surface area contributed by atoms with Gasteiger partial charge in [0.15, 0.2) is 0 Å². The van der Waals surface area contributed by atoms with Crippen molar-refractivity contribution in [1.82, 2.24) is 10.3 Å². The Kier molecular flexibility index (Phi) is 4.24. The average molecular weight is 336 g/mol. The number of pyridine rings is 1. The Hall–Kier alpha value is -2.66. The highest BCUT2D eigenvalue weighted by Crippen LogP contribution is 2.27. The van der Waals surface area contributed by atoms with Crippen molar-refractivity contribution in [1.29, 1.82) is 0 Å². The number of aromatic nitrogens is 1. The SMILES string of the molecule is O=C(NC1CCC(O)CC1)c1ccc(-c2nccc3occc23)cc1. The van der Waals surface area contributed by atoms with Gasteiger partial charge in [-0.2, -0.15) is 0 Å². The monoisotopic (exact) mass is 336 g/mol. The number of hydrogen-bond donors (Lipinski definition) is 2. The first kappa shape index (κ1) is 15.8. The molecule has 4 rings (SSSR count). The van der Waals surface area contributed by atoms with Gasteiger partial charge in [0.2, 0.25) is 0 Å². The molecule has 0 unspecified atom stereocenters. The molecule has 2 heterocycles. The molecule has 1 amide bonds. The highest BCUT2D eigenvalue weighted by molar-refractivity contribution is 5.96. The first-order valence-corrected chi connectivity index (χ1v) is 8.62. The van der Waals surface area contributed by atoms with Crippen molar-refractivity contribution in [2.45, 2.75) is 37.8 Å². The number of aliphatic hydroxyl groups excluding tert-OH is 1. The minimum Gasteiger partial charge on any atom is -0.464 e. The fourth-order valence-electron chi connectivity index (χ4n) is 3.39. The summed E-state index contributed by atoms with van der Waals surface area (Å²) in [7, 11) is 0. The van der Waals surface area contributed by atoms with Gasteiger partial charge in [-0.15, -0.1) is 0 Å². The molecule has 0 aliphatic heterocycles. The van der Waals surface area contributed by atoms with Crippen LogP contribution in [0.1, 0.15) is 36.0 Å². The number of rotatable bonds is 3. The van der Waals surface area contributed by atoms with Gasteiger partial charge in [-0.1, -0.05) is 12.1 Å². The molecule has 5 heteroatoms. The van der Waals surface area contributed by atoms with Gasteiger partial charge in [-0.3, -0.25) is 9.78 Å². The van der Waals surface area contributed by atoms with E-state index in [9.17, 15) is 9.90 Å². The van der Waals surface area contributed by atoms with E-state index >= 15 is 0 Å². The van der Waals surface area contributed by atoms with Crippen LogP contribution in [0.5, 0.6) is 0 Å². The number of hydrogen-bond acceptors (Lipinski definition) is 4. The topological polar surface area (TPSA) is 75.4 Å². The van der Waals surface area contributed by atoms with Crippen molar-refractivity contribution in [2.75, 3.05) is 0 Å². The molecule has 0 saturated heterocycles. The number of aliphatic hydroxyl groups is 1. The zero-order valence-corrected chi connectivity index (χ0v) is 13.8. The number of carbonyl (C=O) groups is 1. The van der Waals surface area contributed by atoms with Crippen LogP contribution in [-0.4, -0.2) is 28.1 Å². The first-order chi connectivity index (χ1) is 12.2. The molecule has 25 heavy (non-hydrogen) atoms. The maximum absolute atomic E-state index is 12.4. The zero-order valence-electron chi connectivity index (χ0n) is 13.8. The molecule has 1 saturated carbocycles. The van der Waals surface area contributed by atoms with Crippen LogP contribution >= 0.6 is 0 Å². The summed E-state index contributed by atoms with van der Waals surface area (Å²) in [5, 5.41) is 13.6. The largest absolute Gasteiger partial charge is 0.464 e. The Morgan fingerprint density at radius 2 is 1.84 bits per heavy atom. The third-order valence-corrected chi connectivity index (χ3v) is 4.83. The number of benzene rings is 1. The lowest BCUT2D eigenvalue weighted by molar-refractivity contribution is 0.0867. The third-order valence-electron chi connectivity index (χ3n) is 4.83. The lowest BCUT2D eigenvalue weighted by atomic mass is 9.93. The summed E-state index contributed by atoms with van der Waals surface area (Å²) in [6.07, 6.45) is 6.33. The van der Waals surface area contributed by atoms with Crippen LogP contribution in [0.15, 0.2) is 53.3 Å². The van der Waals surface area contributed by atoms with Gasteiger partial charge < -0.3 is 14.8 Å². The molecule has 3 aromatic rings. The van der Waals surface area contributed by atoms with E-state index in [0.717, 1.165) is 47.9 Å². The van der Waals surface area contributed by atoms with E-state index in [2.05, 4.69) is 10.3 Å². The average Bonchev–Trinajstić information content (AvgIpc) is 3.12. The number of fused-ring (bicyclic) bond motifs is 1. The molecule has 1 fully saturated rings. The molecule has 0 atom stereocenters. The molecule has 2 N–H and O–H groups in total. The van der Waals surface area contributed by atoms with Crippen molar-refractivity contribution in [2.24, 2.45) is 0 Å². The van der Waals surface area contributed by atoms with Crippen LogP contribution in [0.2, 0.25) is 0 Å². The first-order valence-electron chi connectivity index (χ1n) is 8.62. The van der Waals surface area contributed by atoms with Gasteiger partial charge in [0.1, 0.15) is 5.58 Å². The highest BCUT2D eigenvalue weighted by Gasteiger charge is 2.21. The zero-order chi connectivity index (χ0) is 17.2. The van der Waals surface area contributed by atoms with E-state index in [4.69, 9.17) is 4.42 Å². The van der Waals surface area contributed by atoms with Crippen molar-refractivity contribution < 1.29 is 14.3 Å². The second-order valence-electron chi connectivity index (χ2n) is 6.55. The van der Waals surface area contributed by atoms with E-state index < -0.39 is 0 Å². The summed E-state index contributed by atoms with van der Waals surface area (Å²) in [6.45, 7) is 0. The van der Waals surface area contributed by atoms with Crippen molar-refractivity contribution in [3.63, 3.8) is 0 Å². The van der Waals surface area contributed by atoms with E-state index in [1.165, 1.54) is 0 Å². The maximum atomic E-state index is 12.4. The van der Waals surface area contributed by atoms with Crippen molar-refractivity contribution in [3.8, 4) is 11.3 Å². The van der Waals surface area contributed by atoms with Gasteiger partial charge in [0, 0.05) is 28.8 Å². The molecule has 5 nitrogen and oxygen atoms in total. The summed E-state index contributed by atoms with van der Waals surface area (Å²) in [5.41, 5.74) is 3.23. The Balaban J connectivity index is 1.50. The highest BCUT2D eigenvalue weighted by atomic mass is 16.3. The second-order valence-corrected chi connectivity index (χ2v) is 6.55. The van der Waals surface area contributed by atoms with Crippen molar-refractivity contribution in [3.05, 3.63) is 54.4 Å². The van der Waals surface area contributed by atoms with Crippen LogP contribution in [0.25, 0.3) is 22.2 Å². The molecule has 1 aliphatic carbocycles. The lowest BCUT2D eigenvalue weighted by Crippen LogP contribution is -2.38. The normalized spacial score (nSPS) is 20.5. The van der Waals surface area contributed by atoms with Crippen molar-refractivity contribution >= 4 is 16.9 Å². The van der Waals surface area contributed by atoms with Crippen LogP contribution < -0.4 is 5.32 Å². The van der Waals surface area contributed by atoms with Gasteiger partial charge in [0.25, 0.3) is 5.91 Å². The molecule has 128 valence electrons. The summed E-state index contributed by atoms with van der Waals surface area (Å²) < 4.78 is 5.41. The number of nitrogens with one attached hydrogen (secondary N) is 1. The summed E-state index contributed by atoms with van der Waals surface area (Å²) >= 11 is 0. The fraction of sp³-hybridized carbons (Fsp3) is 0.300. The Morgan fingerprint density at radius 3 is 2.60 bits per heavy atom. The molecule has 0 radical (unpaired) electrons. The molecular weight excluding hydrogens is 316 g/mol. The molecule has 0 spiro atoms. The van der Waals surface area contributed by atoms with Gasteiger partial charge in [-0.05, 0) is 49.9 Å². The summed E-state index contributed by atoms with van der Waals surface area (Å²) in [6, 6.07) is 11.4. The van der Waals surface area contributed by atoms with Gasteiger partial charge >= 0.3 is 0 Å². The minimum atomic E-state index is -0.217. The fourth-order valence-corrected chi connectivity index (χ4v) is 3.39. The number of nitrogens with zero attached hydrogens (tertiary/aromatic N) is 1. The van der Waals surface area contributed by atoms with E-state index in [-0.39, 0.29) is 18.1 Å². The standard InChI is InChI=1S/C20H20N2O3/c23-16-7-5-15(6-8-16)22-20(24)14-3-1-13(2-4-14)19-17-10-12-25-18(17)9-11-21-19/h1-4,9-12,15-16,23H,5-8H2,(H,22,24). The minimum absolute atomic E-state index is 0.0672. The Bertz CT molecular complexity index is 877. The smallest absolute Gasteiger partial charge is 0.251 e. The van der Waals surface area contributed by atoms with Gasteiger partial charge in [-0.25, -0.2) is 0 Å². The van der Waals surface area contributed by atoms with E-state index in [0.29, 0.717) is 5.56 Å². The van der Waals surface area contributed by atoms with Crippen LogP contribution in [0.4, 0.5) is 0 Å².